The summed E-state index contributed by atoms with van der Waals surface area (Å²) >= 11 is 0. The summed E-state index contributed by atoms with van der Waals surface area (Å²) in [4.78, 5) is 15.7. The van der Waals surface area contributed by atoms with Crippen molar-refractivity contribution < 1.29 is 9.90 Å². The zero-order chi connectivity index (χ0) is 10.8. The number of carboxylic acids is 1. The van der Waals surface area contributed by atoms with Crippen molar-refractivity contribution in [3.8, 4) is 0 Å². The van der Waals surface area contributed by atoms with Crippen LogP contribution in [0.1, 0.15) is 19.4 Å². The van der Waals surface area contributed by atoms with Gasteiger partial charge in [0.1, 0.15) is 5.54 Å². The molecule has 1 aromatic heterocycles. The van der Waals surface area contributed by atoms with E-state index in [1.165, 1.54) is 0 Å². The Morgan fingerprint density at radius 2 is 2.29 bits per heavy atom. The summed E-state index contributed by atoms with van der Waals surface area (Å²) in [5.74, 6) is -0.810. The summed E-state index contributed by atoms with van der Waals surface area (Å²) in [6.45, 7) is 4.02. The smallest absolute Gasteiger partial charge is 0.323 e. The summed E-state index contributed by atoms with van der Waals surface area (Å²) in [7, 11) is 1.81. The van der Waals surface area contributed by atoms with Gasteiger partial charge in [0.2, 0.25) is 0 Å². The summed E-state index contributed by atoms with van der Waals surface area (Å²) in [5, 5.41) is 8.99. The van der Waals surface area contributed by atoms with E-state index in [0.29, 0.717) is 6.54 Å². The van der Waals surface area contributed by atoms with Crippen LogP contribution in [0.25, 0.3) is 0 Å². The molecule has 0 bridgehead atoms. The van der Waals surface area contributed by atoms with Crippen LogP contribution in [0.2, 0.25) is 0 Å². The van der Waals surface area contributed by atoms with Gasteiger partial charge in [-0.2, -0.15) is 0 Å². The Labute approximate surface area is 83.5 Å². The van der Waals surface area contributed by atoms with Crippen LogP contribution in [-0.2, 0) is 11.3 Å². The molecule has 14 heavy (non-hydrogen) atoms. The molecule has 0 saturated heterocycles. The number of likely N-dealkylation sites (N-methyl/N-ethyl adjacent to an activating group) is 1. The second kappa shape index (κ2) is 3.84. The molecule has 0 fully saturated rings. The first-order valence-corrected chi connectivity index (χ1v) is 4.51. The Balaban J connectivity index is 2.67. The van der Waals surface area contributed by atoms with Crippen molar-refractivity contribution in [2.45, 2.75) is 25.9 Å². The van der Waals surface area contributed by atoms with Crippen molar-refractivity contribution in [2.75, 3.05) is 7.05 Å². The Bertz CT molecular complexity index is 304. The second-order valence-corrected chi connectivity index (χ2v) is 3.94. The highest BCUT2D eigenvalue weighted by molar-refractivity contribution is 5.77. The van der Waals surface area contributed by atoms with Crippen LogP contribution in [0, 0.1) is 0 Å². The van der Waals surface area contributed by atoms with Crippen molar-refractivity contribution in [1.29, 1.82) is 0 Å². The first kappa shape index (κ1) is 10.8. The predicted octanol–water partition coefficient (Wildman–Crippen LogP) is 1.31. The van der Waals surface area contributed by atoms with Crippen LogP contribution in [0.3, 0.4) is 0 Å². The van der Waals surface area contributed by atoms with Crippen molar-refractivity contribution >= 4 is 5.97 Å². The molecule has 0 aliphatic rings. The number of H-pyrrole nitrogens is 1. The lowest BCUT2D eigenvalue weighted by Crippen LogP contribution is -2.47. The van der Waals surface area contributed by atoms with Gasteiger partial charge >= 0.3 is 5.97 Å². The lowest BCUT2D eigenvalue weighted by Gasteiger charge is -2.31. The van der Waals surface area contributed by atoms with Gasteiger partial charge in [-0.05, 0) is 32.5 Å². The highest BCUT2D eigenvalue weighted by atomic mass is 16.4. The largest absolute Gasteiger partial charge is 0.480 e. The fourth-order valence-corrected chi connectivity index (χ4v) is 1.09. The fraction of sp³-hybridized carbons (Fsp3) is 0.500. The maximum Gasteiger partial charge on any atom is 0.323 e. The molecule has 78 valence electrons. The molecule has 0 atom stereocenters. The summed E-state index contributed by atoms with van der Waals surface area (Å²) in [6.07, 6.45) is 3.70. The van der Waals surface area contributed by atoms with Gasteiger partial charge in [0, 0.05) is 18.9 Å². The molecule has 0 amide bonds. The van der Waals surface area contributed by atoms with Crippen LogP contribution >= 0.6 is 0 Å². The number of carbonyl (C=O) groups is 1. The molecule has 4 heteroatoms. The zero-order valence-corrected chi connectivity index (χ0v) is 8.74. The van der Waals surface area contributed by atoms with E-state index in [4.69, 9.17) is 5.11 Å². The van der Waals surface area contributed by atoms with Gasteiger partial charge in [0.05, 0.1) is 0 Å². The fourth-order valence-electron chi connectivity index (χ4n) is 1.09. The van der Waals surface area contributed by atoms with Crippen molar-refractivity contribution in [3.63, 3.8) is 0 Å². The van der Waals surface area contributed by atoms with E-state index in [1.807, 2.05) is 18.5 Å². The van der Waals surface area contributed by atoms with Crippen LogP contribution in [-0.4, -0.2) is 33.5 Å². The Hall–Kier alpha value is -1.29. The minimum atomic E-state index is -0.836. The summed E-state index contributed by atoms with van der Waals surface area (Å²) < 4.78 is 0. The quantitative estimate of drug-likeness (QED) is 0.763. The van der Waals surface area contributed by atoms with E-state index in [0.717, 1.165) is 5.56 Å². The average molecular weight is 196 g/mol. The Kier molecular flexibility index (Phi) is 2.96. The second-order valence-electron chi connectivity index (χ2n) is 3.94. The topological polar surface area (TPSA) is 56.3 Å². The maximum atomic E-state index is 10.9. The van der Waals surface area contributed by atoms with E-state index in [9.17, 15) is 4.79 Å². The first-order chi connectivity index (χ1) is 6.44. The van der Waals surface area contributed by atoms with E-state index >= 15 is 0 Å². The molecule has 0 aromatic carbocycles. The number of rotatable bonds is 4. The van der Waals surface area contributed by atoms with Gasteiger partial charge in [-0.25, -0.2) is 0 Å². The third-order valence-corrected chi connectivity index (χ3v) is 2.56. The molecule has 4 nitrogen and oxygen atoms in total. The van der Waals surface area contributed by atoms with Crippen LogP contribution < -0.4 is 0 Å². The number of aromatic nitrogens is 1. The Morgan fingerprint density at radius 3 is 2.71 bits per heavy atom. The minimum Gasteiger partial charge on any atom is -0.480 e. The molecule has 2 N–H and O–H groups in total. The molecule has 0 spiro atoms. The monoisotopic (exact) mass is 196 g/mol. The Morgan fingerprint density at radius 1 is 1.64 bits per heavy atom. The van der Waals surface area contributed by atoms with Crippen LogP contribution in [0.4, 0.5) is 0 Å². The number of hydrogen-bond donors (Lipinski definition) is 2. The minimum absolute atomic E-state index is 0.628. The third-order valence-electron chi connectivity index (χ3n) is 2.56. The van der Waals surface area contributed by atoms with E-state index < -0.39 is 11.5 Å². The molecular formula is C10H16N2O2. The highest BCUT2D eigenvalue weighted by Crippen LogP contribution is 2.15. The number of nitrogens with zero attached hydrogens (tertiary/aromatic N) is 1. The molecular weight excluding hydrogens is 180 g/mol. The highest BCUT2D eigenvalue weighted by Gasteiger charge is 2.31. The number of nitrogens with one attached hydrogen (secondary N) is 1. The number of hydrogen-bond acceptors (Lipinski definition) is 2. The lowest BCUT2D eigenvalue weighted by molar-refractivity contribution is -0.148. The van der Waals surface area contributed by atoms with Crippen molar-refractivity contribution in [2.24, 2.45) is 0 Å². The molecule has 0 unspecified atom stereocenters. The SMILES string of the molecule is CN(Cc1cc[nH]c1)C(C)(C)C(=O)O. The summed E-state index contributed by atoms with van der Waals surface area (Å²) in [5.41, 5.74) is 0.249. The van der Waals surface area contributed by atoms with Gasteiger partial charge in [-0.1, -0.05) is 0 Å². The van der Waals surface area contributed by atoms with Gasteiger partial charge in [-0.3, -0.25) is 9.69 Å². The maximum absolute atomic E-state index is 10.9. The molecule has 0 aliphatic carbocycles. The zero-order valence-electron chi connectivity index (χ0n) is 8.74. The third kappa shape index (κ3) is 2.14. The number of aromatic amines is 1. The average Bonchev–Trinajstić information content (AvgIpc) is 2.56. The first-order valence-electron chi connectivity index (χ1n) is 4.51. The van der Waals surface area contributed by atoms with Crippen molar-refractivity contribution in [1.82, 2.24) is 9.88 Å². The van der Waals surface area contributed by atoms with Crippen molar-refractivity contribution in [3.05, 3.63) is 24.0 Å². The van der Waals surface area contributed by atoms with Gasteiger partial charge in [-0.15, -0.1) is 0 Å². The van der Waals surface area contributed by atoms with E-state index in [1.54, 1.807) is 25.8 Å². The van der Waals surface area contributed by atoms with Gasteiger partial charge in [0.25, 0.3) is 0 Å². The van der Waals surface area contributed by atoms with E-state index in [2.05, 4.69) is 4.98 Å². The summed E-state index contributed by atoms with van der Waals surface area (Å²) in [6, 6.07) is 1.94. The molecule has 0 radical (unpaired) electrons. The molecule has 0 aliphatic heterocycles. The molecule has 0 saturated carbocycles. The lowest BCUT2D eigenvalue weighted by atomic mass is 10.0. The molecule has 1 aromatic rings. The van der Waals surface area contributed by atoms with Gasteiger partial charge in [0.15, 0.2) is 0 Å². The molecule has 1 heterocycles. The van der Waals surface area contributed by atoms with Crippen LogP contribution in [0.5, 0.6) is 0 Å². The standard InChI is InChI=1S/C10H16N2O2/c1-10(2,9(13)14)12(3)7-8-4-5-11-6-8/h4-6,11H,7H2,1-3H3,(H,13,14). The molecule has 1 rings (SSSR count). The van der Waals surface area contributed by atoms with Gasteiger partial charge < -0.3 is 10.1 Å². The number of carboxylic acid groups (broad SMARTS) is 1. The number of aliphatic carboxylic acids is 1. The predicted molar refractivity (Wildman–Crippen MR) is 54.0 cm³/mol. The normalized spacial score (nSPS) is 12.0. The van der Waals surface area contributed by atoms with Crippen LogP contribution in [0.15, 0.2) is 18.5 Å². The van der Waals surface area contributed by atoms with E-state index in [-0.39, 0.29) is 0 Å².